The van der Waals surface area contributed by atoms with Gasteiger partial charge in [-0.3, -0.25) is 0 Å². The molecule has 0 aliphatic carbocycles. The van der Waals surface area contributed by atoms with E-state index in [1.165, 1.54) is 33.4 Å². The zero-order valence-electron chi connectivity index (χ0n) is 41.3. The molecule has 0 N–H and O–H groups in total. The summed E-state index contributed by atoms with van der Waals surface area (Å²) in [4.78, 5) is 0. The minimum atomic E-state index is -0.213. The molecule has 0 spiro atoms. The fourth-order valence-electron chi connectivity index (χ4n) is 10.7. The molecule has 2 saturated heterocycles. The molecule has 2 aliphatic heterocycles. The fraction of sp³-hybridized carbons (Fsp3) is 0.774. The van der Waals surface area contributed by atoms with Gasteiger partial charge in [0.05, 0.1) is 13.2 Å². The molecule has 2 atom stereocenters. The van der Waals surface area contributed by atoms with Crippen LogP contribution in [-0.4, -0.2) is 37.6 Å². The van der Waals surface area contributed by atoms with E-state index in [1.54, 1.807) is 0 Å². The quantitative estimate of drug-likeness (QED) is 0.159. The second-order valence-corrected chi connectivity index (χ2v) is 26.8. The lowest BCUT2D eigenvalue weighted by atomic mass is 9.67. The molecule has 2 aliphatic rings. The maximum Gasteiger partial charge on any atom is 0.126 e. The van der Waals surface area contributed by atoms with Crippen LogP contribution in [0, 0.1) is 21.7 Å². The van der Waals surface area contributed by atoms with E-state index in [0.29, 0.717) is 13.2 Å². The Hall–Kier alpha value is -2.04. The van der Waals surface area contributed by atoms with Gasteiger partial charge in [-0.1, -0.05) is 163 Å². The van der Waals surface area contributed by atoms with Crippen molar-refractivity contribution < 1.29 is 18.9 Å². The van der Waals surface area contributed by atoms with Crippen molar-refractivity contribution in [2.75, 3.05) is 26.4 Å². The number of rotatable bonds is 16. The molecule has 2 unspecified atom stereocenters. The SMILES string of the molecule is CC(C)(C)CC(C)(C)c1cc(Cc2cc(C(C)(C)CC(C)(C)C)c(OCC3(C)CO3)c(C(C)(C)CC(C)(C)C)c2)cc(C(C)(C)CC(C)(C)C)c1OCC1(C)CO1. The molecular formula is C53H88O4. The van der Waals surface area contributed by atoms with Gasteiger partial charge in [0, 0.05) is 22.3 Å². The van der Waals surface area contributed by atoms with Crippen molar-refractivity contribution in [2.24, 2.45) is 21.7 Å². The van der Waals surface area contributed by atoms with E-state index in [2.05, 4.69) is 177 Å². The highest BCUT2D eigenvalue weighted by molar-refractivity contribution is 5.55. The Morgan fingerprint density at radius 3 is 0.807 bits per heavy atom. The lowest BCUT2D eigenvalue weighted by Gasteiger charge is -2.39. The van der Waals surface area contributed by atoms with Crippen LogP contribution in [0.15, 0.2) is 24.3 Å². The van der Waals surface area contributed by atoms with Crippen LogP contribution in [0.3, 0.4) is 0 Å². The summed E-state index contributed by atoms with van der Waals surface area (Å²) in [5.41, 5.74) is 7.59. The third-order valence-electron chi connectivity index (χ3n) is 11.8. The third kappa shape index (κ3) is 13.5. The predicted molar refractivity (Wildman–Crippen MR) is 244 cm³/mol. The predicted octanol–water partition coefficient (Wildman–Crippen LogP) is 14.5. The van der Waals surface area contributed by atoms with Gasteiger partial charge in [0.25, 0.3) is 0 Å². The average Bonchev–Trinajstić information content (AvgIpc) is 3.88. The Labute approximate surface area is 352 Å². The molecule has 0 saturated carbocycles. The number of benzene rings is 2. The summed E-state index contributed by atoms with van der Waals surface area (Å²) in [6.45, 7) is 54.8. The molecule has 0 aromatic heterocycles. The maximum atomic E-state index is 7.05. The molecule has 2 aromatic rings. The second-order valence-electron chi connectivity index (χ2n) is 26.8. The van der Waals surface area contributed by atoms with Gasteiger partial charge >= 0.3 is 0 Å². The highest BCUT2D eigenvalue weighted by Gasteiger charge is 2.44. The van der Waals surface area contributed by atoms with E-state index in [-0.39, 0.29) is 54.5 Å². The van der Waals surface area contributed by atoms with Gasteiger partial charge < -0.3 is 18.9 Å². The van der Waals surface area contributed by atoms with Crippen molar-refractivity contribution in [2.45, 2.75) is 217 Å². The van der Waals surface area contributed by atoms with Crippen LogP contribution in [-0.2, 0) is 37.6 Å². The van der Waals surface area contributed by atoms with E-state index in [0.717, 1.165) is 56.8 Å². The van der Waals surface area contributed by atoms with Crippen molar-refractivity contribution in [1.82, 2.24) is 0 Å². The van der Waals surface area contributed by atoms with Gasteiger partial charge in [-0.2, -0.15) is 0 Å². The first kappa shape index (κ1) is 47.6. The Bertz CT molecular complexity index is 1490. The van der Waals surface area contributed by atoms with Gasteiger partial charge in [0.2, 0.25) is 0 Å². The van der Waals surface area contributed by atoms with Crippen molar-refractivity contribution in [3.63, 3.8) is 0 Å². The first-order valence-electron chi connectivity index (χ1n) is 22.2. The normalized spacial score (nSPS) is 21.2. The van der Waals surface area contributed by atoms with Crippen LogP contribution in [0.1, 0.15) is 211 Å². The molecule has 57 heavy (non-hydrogen) atoms. The van der Waals surface area contributed by atoms with E-state index in [4.69, 9.17) is 18.9 Å². The van der Waals surface area contributed by atoms with Crippen molar-refractivity contribution in [3.8, 4) is 11.5 Å². The van der Waals surface area contributed by atoms with E-state index < -0.39 is 0 Å². The lowest BCUT2D eigenvalue weighted by molar-refractivity contribution is 0.190. The standard InChI is InChI=1S/C53H88O4/c1-44(2,3)28-48(13,14)38-24-36(25-39(49(15,16)29-45(4,5)6)42(38)54-32-52(21)34-56-52)23-37-26-40(50(17,18)30-46(7,8)9)43(55-33-53(22)35-57-53)41(27-37)51(19,20)31-47(10,11)12/h24-27H,23,28-35H2,1-22H3. The van der Waals surface area contributed by atoms with E-state index in [1.807, 2.05) is 0 Å². The number of epoxide rings is 2. The summed E-state index contributed by atoms with van der Waals surface area (Å²) in [5.74, 6) is 2.13. The molecule has 2 heterocycles. The number of ether oxygens (including phenoxy) is 4. The summed E-state index contributed by atoms with van der Waals surface area (Å²) in [6, 6.07) is 10.0. The Balaban J connectivity index is 2.04. The summed E-state index contributed by atoms with van der Waals surface area (Å²) < 4.78 is 25.8. The lowest BCUT2D eigenvalue weighted by Crippen LogP contribution is -2.31. The van der Waals surface area contributed by atoms with Gasteiger partial charge in [-0.05, 0) is 100 Å². The summed E-state index contributed by atoms with van der Waals surface area (Å²) in [5, 5.41) is 0. The van der Waals surface area contributed by atoms with Crippen LogP contribution in [0.5, 0.6) is 11.5 Å². The van der Waals surface area contributed by atoms with E-state index in [9.17, 15) is 0 Å². The van der Waals surface area contributed by atoms with Gasteiger partial charge in [0.1, 0.15) is 35.9 Å². The van der Waals surface area contributed by atoms with Crippen molar-refractivity contribution in [1.29, 1.82) is 0 Å². The van der Waals surface area contributed by atoms with E-state index >= 15 is 0 Å². The molecule has 0 radical (unpaired) electrons. The Kier molecular flexibility index (Phi) is 12.9. The average molecular weight is 789 g/mol. The molecule has 0 amide bonds. The molecule has 0 bridgehead atoms. The molecule has 4 heteroatoms. The molecule has 4 rings (SSSR count). The van der Waals surface area contributed by atoms with Gasteiger partial charge in [0.15, 0.2) is 0 Å². The Morgan fingerprint density at radius 1 is 0.421 bits per heavy atom. The monoisotopic (exact) mass is 789 g/mol. The fourth-order valence-corrected chi connectivity index (χ4v) is 10.7. The molecule has 324 valence electrons. The largest absolute Gasteiger partial charge is 0.490 e. The maximum absolute atomic E-state index is 7.05. The Morgan fingerprint density at radius 2 is 0.632 bits per heavy atom. The summed E-state index contributed by atoms with van der Waals surface area (Å²) >= 11 is 0. The number of hydrogen-bond acceptors (Lipinski definition) is 4. The molecule has 2 fully saturated rings. The minimum Gasteiger partial charge on any atom is -0.490 e. The van der Waals surface area contributed by atoms with Crippen LogP contribution < -0.4 is 9.47 Å². The third-order valence-corrected chi connectivity index (χ3v) is 11.8. The highest BCUT2D eigenvalue weighted by atomic mass is 16.6. The van der Waals surface area contributed by atoms with Crippen molar-refractivity contribution >= 4 is 0 Å². The summed E-state index contributed by atoms with van der Waals surface area (Å²) in [6.07, 6.45) is 4.99. The van der Waals surface area contributed by atoms with Crippen LogP contribution >= 0.6 is 0 Å². The second kappa shape index (κ2) is 15.5. The minimum absolute atomic E-state index is 0.125. The topological polar surface area (TPSA) is 43.5 Å². The molecule has 4 nitrogen and oxygen atoms in total. The van der Waals surface area contributed by atoms with Crippen molar-refractivity contribution in [3.05, 3.63) is 57.6 Å². The summed E-state index contributed by atoms with van der Waals surface area (Å²) in [7, 11) is 0. The van der Waals surface area contributed by atoms with Gasteiger partial charge in [-0.15, -0.1) is 0 Å². The molecule has 2 aromatic carbocycles. The zero-order valence-corrected chi connectivity index (χ0v) is 41.3. The first-order valence-corrected chi connectivity index (χ1v) is 22.2. The smallest absolute Gasteiger partial charge is 0.126 e. The van der Waals surface area contributed by atoms with Crippen LogP contribution in [0.25, 0.3) is 0 Å². The number of hydrogen-bond donors (Lipinski definition) is 0. The first-order chi connectivity index (χ1) is 25.3. The highest BCUT2D eigenvalue weighted by Crippen LogP contribution is 2.51. The van der Waals surface area contributed by atoms with Gasteiger partial charge in [-0.25, -0.2) is 0 Å². The zero-order chi connectivity index (χ0) is 43.6. The van der Waals surface area contributed by atoms with Crippen LogP contribution in [0.4, 0.5) is 0 Å². The molecular weight excluding hydrogens is 701 g/mol. The van der Waals surface area contributed by atoms with Crippen LogP contribution in [0.2, 0.25) is 0 Å².